The summed E-state index contributed by atoms with van der Waals surface area (Å²) in [6.45, 7) is 1.69. The molecule has 2 N–H and O–H groups in total. The summed E-state index contributed by atoms with van der Waals surface area (Å²) in [5, 5.41) is 2.13. The second kappa shape index (κ2) is 6.69. The average molecular weight is 260 g/mol. The molecule has 0 saturated heterocycles. The molecule has 0 spiro atoms. The zero-order valence-electron chi connectivity index (χ0n) is 10.8. The topological polar surface area (TPSA) is 29.3 Å². The zero-order valence-corrected chi connectivity index (χ0v) is 11.6. The molecule has 0 amide bonds. The van der Waals surface area contributed by atoms with Crippen molar-refractivity contribution in [1.29, 1.82) is 0 Å². The van der Waals surface area contributed by atoms with E-state index in [1.54, 1.807) is 0 Å². The van der Waals surface area contributed by atoms with E-state index in [0.717, 1.165) is 19.5 Å². The fraction of sp³-hybridized carbons (Fsp3) is 0.333. The van der Waals surface area contributed by atoms with Crippen LogP contribution in [0.2, 0.25) is 0 Å². The molecule has 2 aromatic rings. The van der Waals surface area contributed by atoms with Crippen LogP contribution in [0.4, 0.5) is 0 Å². The Labute approximate surface area is 113 Å². The predicted molar refractivity (Wildman–Crippen MR) is 78.6 cm³/mol. The molecule has 0 fully saturated rings. The lowest BCUT2D eigenvalue weighted by Gasteiger charge is -2.27. The fourth-order valence-electron chi connectivity index (χ4n) is 2.20. The molecule has 1 heterocycles. The van der Waals surface area contributed by atoms with Gasteiger partial charge in [-0.05, 0) is 37.0 Å². The monoisotopic (exact) mass is 260 g/mol. The Kier molecular flexibility index (Phi) is 4.93. The minimum absolute atomic E-state index is 0.426. The average Bonchev–Trinajstić information content (AvgIpc) is 2.90. The van der Waals surface area contributed by atoms with Crippen molar-refractivity contribution in [2.24, 2.45) is 5.73 Å². The summed E-state index contributed by atoms with van der Waals surface area (Å²) < 4.78 is 0. The molecule has 1 aromatic carbocycles. The third-order valence-electron chi connectivity index (χ3n) is 3.12. The van der Waals surface area contributed by atoms with E-state index in [-0.39, 0.29) is 0 Å². The molecular formula is C15H20N2S. The van der Waals surface area contributed by atoms with Crippen molar-refractivity contribution in [2.75, 3.05) is 13.6 Å². The Morgan fingerprint density at radius 1 is 1.17 bits per heavy atom. The zero-order chi connectivity index (χ0) is 12.8. The van der Waals surface area contributed by atoms with E-state index in [1.807, 2.05) is 11.3 Å². The number of nitrogens with zero attached hydrogens (tertiary/aromatic N) is 1. The second-order valence-corrected chi connectivity index (χ2v) is 5.49. The third-order valence-corrected chi connectivity index (χ3v) is 4.09. The summed E-state index contributed by atoms with van der Waals surface area (Å²) in [6, 6.07) is 15.3. The van der Waals surface area contributed by atoms with E-state index in [0.29, 0.717) is 6.04 Å². The Hall–Kier alpha value is -1.16. The maximum Gasteiger partial charge on any atom is 0.0453 e. The van der Waals surface area contributed by atoms with Crippen molar-refractivity contribution in [3.63, 3.8) is 0 Å². The Morgan fingerprint density at radius 3 is 2.56 bits per heavy atom. The highest BCUT2D eigenvalue weighted by Gasteiger charge is 2.17. The lowest BCUT2D eigenvalue weighted by Crippen LogP contribution is -2.25. The van der Waals surface area contributed by atoms with E-state index in [4.69, 9.17) is 5.73 Å². The number of hydrogen-bond acceptors (Lipinski definition) is 3. The normalized spacial score (nSPS) is 12.8. The van der Waals surface area contributed by atoms with Gasteiger partial charge in [0.15, 0.2) is 0 Å². The minimum Gasteiger partial charge on any atom is -0.330 e. The highest BCUT2D eigenvalue weighted by Crippen LogP contribution is 2.27. The van der Waals surface area contributed by atoms with Crippen molar-refractivity contribution < 1.29 is 0 Å². The standard InChI is InChI=1S/C15H20N2S/c1-17(12-13-6-3-2-4-7-13)14(9-10-16)15-8-5-11-18-15/h2-8,11,14H,9-10,12,16H2,1H3. The van der Waals surface area contributed by atoms with Gasteiger partial charge < -0.3 is 5.73 Å². The van der Waals surface area contributed by atoms with E-state index in [2.05, 4.69) is 59.8 Å². The van der Waals surface area contributed by atoms with Crippen molar-refractivity contribution >= 4 is 11.3 Å². The largest absolute Gasteiger partial charge is 0.330 e. The first-order valence-corrected chi connectivity index (χ1v) is 7.17. The molecule has 2 rings (SSSR count). The molecule has 0 aliphatic heterocycles. The molecule has 96 valence electrons. The van der Waals surface area contributed by atoms with E-state index < -0.39 is 0 Å². The van der Waals surface area contributed by atoms with Crippen LogP contribution in [-0.2, 0) is 6.54 Å². The first kappa shape index (κ1) is 13.3. The Balaban J connectivity index is 2.07. The van der Waals surface area contributed by atoms with Crippen LogP contribution in [0.15, 0.2) is 47.8 Å². The van der Waals surface area contributed by atoms with Crippen molar-refractivity contribution in [1.82, 2.24) is 4.90 Å². The quantitative estimate of drug-likeness (QED) is 0.863. The highest BCUT2D eigenvalue weighted by molar-refractivity contribution is 7.10. The van der Waals surface area contributed by atoms with Crippen LogP contribution in [0.25, 0.3) is 0 Å². The molecule has 3 heteroatoms. The van der Waals surface area contributed by atoms with Crippen LogP contribution in [0.3, 0.4) is 0 Å². The summed E-state index contributed by atoms with van der Waals surface area (Å²) >= 11 is 1.81. The molecule has 1 atom stereocenters. The molecule has 2 nitrogen and oxygen atoms in total. The number of nitrogens with two attached hydrogens (primary N) is 1. The van der Waals surface area contributed by atoms with Crippen molar-refractivity contribution in [2.45, 2.75) is 19.0 Å². The van der Waals surface area contributed by atoms with Crippen molar-refractivity contribution in [3.05, 3.63) is 58.3 Å². The number of benzene rings is 1. The maximum absolute atomic E-state index is 5.74. The molecule has 18 heavy (non-hydrogen) atoms. The molecule has 0 aliphatic rings. The molecule has 0 aliphatic carbocycles. The van der Waals surface area contributed by atoms with Gasteiger partial charge in [0.1, 0.15) is 0 Å². The van der Waals surface area contributed by atoms with E-state index >= 15 is 0 Å². The molecule has 0 bridgehead atoms. The maximum atomic E-state index is 5.74. The van der Waals surface area contributed by atoms with Gasteiger partial charge in [0, 0.05) is 17.5 Å². The minimum atomic E-state index is 0.426. The highest BCUT2D eigenvalue weighted by atomic mass is 32.1. The summed E-state index contributed by atoms with van der Waals surface area (Å²) in [5.74, 6) is 0. The Morgan fingerprint density at radius 2 is 1.94 bits per heavy atom. The van der Waals surface area contributed by atoms with Crippen LogP contribution >= 0.6 is 11.3 Å². The molecular weight excluding hydrogens is 240 g/mol. The van der Waals surface area contributed by atoms with Gasteiger partial charge >= 0.3 is 0 Å². The third kappa shape index (κ3) is 3.42. The first-order valence-electron chi connectivity index (χ1n) is 6.29. The van der Waals surface area contributed by atoms with Gasteiger partial charge in [-0.3, -0.25) is 4.90 Å². The number of thiophene rings is 1. The second-order valence-electron chi connectivity index (χ2n) is 4.51. The molecule has 0 radical (unpaired) electrons. The smallest absolute Gasteiger partial charge is 0.0453 e. The van der Waals surface area contributed by atoms with Gasteiger partial charge in [0.05, 0.1) is 0 Å². The van der Waals surface area contributed by atoms with Crippen LogP contribution in [-0.4, -0.2) is 18.5 Å². The Bertz CT molecular complexity index is 439. The van der Waals surface area contributed by atoms with E-state index in [1.165, 1.54) is 10.4 Å². The van der Waals surface area contributed by atoms with E-state index in [9.17, 15) is 0 Å². The van der Waals surface area contributed by atoms with Crippen LogP contribution in [0, 0.1) is 0 Å². The first-order chi connectivity index (χ1) is 8.81. The van der Waals surface area contributed by atoms with Gasteiger partial charge in [-0.15, -0.1) is 11.3 Å². The molecule has 1 aromatic heterocycles. The fourth-order valence-corrected chi connectivity index (χ4v) is 3.13. The molecule has 0 saturated carbocycles. The van der Waals surface area contributed by atoms with Crippen LogP contribution < -0.4 is 5.73 Å². The summed E-state index contributed by atoms with van der Waals surface area (Å²) in [4.78, 5) is 3.78. The summed E-state index contributed by atoms with van der Waals surface area (Å²) in [5.41, 5.74) is 7.09. The van der Waals surface area contributed by atoms with Gasteiger partial charge in [0.2, 0.25) is 0 Å². The number of rotatable bonds is 6. The lowest BCUT2D eigenvalue weighted by atomic mass is 10.1. The summed E-state index contributed by atoms with van der Waals surface area (Å²) in [7, 11) is 2.17. The van der Waals surface area contributed by atoms with Gasteiger partial charge in [-0.25, -0.2) is 0 Å². The van der Waals surface area contributed by atoms with Crippen molar-refractivity contribution in [3.8, 4) is 0 Å². The number of hydrogen-bond donors (Lipinski definition) is 1. The van der Waals surface area contributed by atoms with Gasteiger partial charge in [0.25, 0.3) is 0 Å². The predicted octanol–water partition coefficient (Wildman–Crippen LogP) is 3.27. The van der Waals surface area contributed by atoms with Gasteiger partial charge in [-0.2, -0.15) is 0 Å². The SMILES string of the molecule is CN(Cc1ccccc1)C(CCN)c1cccs1. The van der Waals surface area contributed by atoms with Crippen LogP contribution in [0.5, 0.6) is 0 Å². The lowest BCUT2D eigenvalue weighted by molar-refractivity contribution is 0.230. The summed E-state index contributed by atoms with van der Waals surface area (Å²) in [6.07, 6.45) is 1.00. The van der Waals surface area contributed by atoms with Crippen LogP contribution in [0.1, 0.15) is 22.9 Å². The van der Waals surface area contributed by atoms with Gasteiger partial charge in [-0.1, -0.05) is 36.4 Å². The molecule has 1 unspecified atom stereocenters.